The molecule has 1 aliphatic heterocycles. The number of carbonyl (C=O) groups excluding carboxylic acids is 1. The van der Waals surface area contributed by atoms with Gasteiger partial charge in [-0.1, -0.05) is 25.5 Å². The van der Waals surface area contributed by atoms with Crippen LogP contribution in [0.25, 0.3) is 5.69 Å². The summed E-state index contributed by atoms with van der Waals surface area (Å²) in [5, 5.41) is 24.4. The zero-order chi connectivity index (χ0) is 17.9. The average Bonchev–Trinajstić information content (AvgIpc) is 3.18. The minimum absolute atomic E-state index is 0.119. The molecular weight excluding hydrogens is 320 g/mol. The summed E-state index contributed by atoms with van der Waals surface area (Å²) in [6.45, 7) is 2.71. The normalized spacial score (nSPS) is 23.6. The van der Waals surface area contributed by atoms with E-state index in [0.717, 1.165) is 6.42 Å². The van der Waals surface area contributed by atoms with E-state index in [-0.39, 0.29) is 12.5 Å². The summed E-state index contributed by atoms with van der Waals surface area (Å²) < 4.78 is 1.57. The number of para-hydroxylation sites is 1. The van der Waals surface area contributed by atoms with E-state index in [1.807, 2.05) is 25.1 Å². The fourth-order valence-corrected chi connectivity index (χ4v) is 3.66. The van der Waals surface area contributed by atoms with E-state index in [0.29, 0.717) is 37.2 Å². The molecule has 1 aliphatic rings. The number of carbonyl (C=O) groups is 1. The van der Waals surface area contributed by atoms with Crippen molar-refractivity contribution in [2.45, 2.75) is 32.3 Å². The maximum atomic E-state index is 13.1. The molecule has 1 saturated heterocycles. The molecule has 1 amide bonds. The third-order valence-electron chi connectivity index (χ3n) is 5.04. The molecular formula is C18H24N4O3. The fourth-order valence-electron chi connectivity index (χ4n) is 3.66. The Morgan fingerprint density at radius 2 is 2.20 bits per heavy atom. The topological polar surface area (TPSA) is 91.5 Å². The Kier molecular flexibility index (Phi) is 5.15. The molecule has 25 heavy (non-hydrogen) atoms. The zero-order valence-electron chi connectivity index (χ0n) is 14.4. The molecule has 0 spiro atoms. The van der Waals surface area contributed by atoms with Crippen LogP contribution in [-0.2, 0) is 0 Å². The second kappa shape index (κ2) is 7.33. The van der Waals surface area contributed by atoms with E-state index in [4.69, 9.17) is 0 Å². The van der Waals surface area contributed by atoms with Crippen LogP contribution in [0.3, 0.4) is 0 Å². The van der Waals surface area contributed by atoms with E-state index in [9.17, 15) is 15.0 Å². The first-order chi connectivity index (χ1) is 12.1. The third kappa shape index (κ3) is 3.29. The van der Waals surface area contributed by atoms with Gasteiger partial charge in [-0.25, -0.2) is 9.67 Å². The van der Waals surface area contributed by atoms with Crippen LogP contribution < -0.4 is 0 Å². The third-order valence-corrected chi connectivity index (χ3v) is 5.04. The molecule has 0 saturated carbocycles. The summed E-state index contributed by atoms with van der Waals surface area (Å²) in [5.41, 5.74) is 0.555. The molecule has 7 heteroatoms. The van der Waals surface area contributed by atoms with E-state index >= 15 is 0 Å². The number of aromatic nitrogens is 3. The Hall–Kier alpha value is -2.25. The smallest absolute Gasteiger partial charge is 0.256 e. The van der Waals surface area contributed by atoms with Gasteiger partial charge in [-0.05, 0) is 25.0 Å². The number of rotatable bonds is 5. The second-order valence-corrected chi connectivity index (χ2v) is 6.66. The Bertz CT molecular complexity index is 719. The maximum Gasteiger partial charge on any atom is 0.256 e. The predicted octanol–water partition coefficient (Wildman–Crippen LogP) is 1.25. The molecule has 2 atom stereocenters. The highest BCUT2D eigenvalue weighted by molar-refractivity contribution is 5.97. The summed E-state index contributed by atoms with van der Waals surface area (Å²) in [5.74, 6) is -0.119. The summed E-state index contributed by atoms with van der Waals surface area (Å²) in [6.07, 6.45) is 4.39. The molecule has 1 fully saturated rings. The van der Waals surface area contributed by atoms with Gasteiger partial charge >= 0.3 is 0 Å². The van der Waals surface area contributed by atoms with Gasteiger partial charge in [0.2, 0.25) is 0 Å². The highest BCUT2D eigenvalue weighted by Crippen LogP contribution is 2.35. The number of piperidine rings is 1. The molecule has 2 heterocycles. The standard InChI is InChI=1S/C18H24N4O3/c1-2-8-18(11-23)10-21(9-7-16(18)24)17(25)14-5-3-4-6-15(14)22-13-19-12-20-22/h3-6,12-13,16,23-24H,2,7-11H2,1H3/t16-,18-/m0/s1. The number of hydrogen-bond acceptors (Lipinski definition) is 5. The minimum atomic E-state index is -0.648. The van der Waals surface area contributed by atoms with Gasteiger partial charge in [-0.15, -0.1) is 0 Å². The molecule has 0 bridgehead atoms. The van der Waals surface area contributed by atoms with Crippen molar-refractivity contribution >= 4 is 5.91 Å². The van der Waals surface area contributed by atoms with Crippen LogP contribution in [0, 0.1) is 5.41 Å². The lowest BCUT2D eigenvalue weighted by molar-refractivity contribution is -0.0720. The quantitative estimate of drug-likeness (QED) is 0.852. The summed E-state index contributed by atoms with van der Waals surface area (Å²) in [4.78, 5) is 18.8. The summed E-state index contributed by atoms with van der Waals surface area (Å²) >= 11 is 0. The zero-order valence-corrected chi connectivity index (χ0v) is 14.4. The number of hydrogen-bond donors (Lipinski definition) is 2. The maximum absolute atomic E-state index is 13.1. The SMILES string of the molecule is CCC[C@@]1(CO)CN(C(=O)c2ccccc2-n2cncn2)CC[C@@H]1O. The van der Waals surface area contributed by atoms with Crippen LogP contribution in [0.4, 0.5) is 0 Å². The van der Waals surface area contributed by atoms with Gasteiger partial charge in [0.15, 0.2) is 0 Å². The molecule has 7 nitrogen and oxygen atoms in total. The molecule has 2 aromatic rings. The van der Waals surface area contributed by atoms with Crippen LogP contribution in [0.5, 0.6) is 0 Å². The van der Waals surface area contributed by atoms with Gasteiger partial charge in [-0.2, -0.15) is 5.10 Å². The van der Waals surface area contributed by atoms with E-state index in [1.54, 1.807) is 22.0 Å². The number of likely N-dealkylation sites (tertiary alicyclic amines) is 1. The highest BCUT2D eigenvalue weighted by atomic mass is 16.3. The van der Waals surface area contributed by atoms with E-state index in [1.165, 1.54) is 6.33 Å². The Morgan fingerprint density at radius 1 is 1.40 bits per heavy atom. The van der Waals surface area contributed by atoms with Crippen molar-refractivity contribution < 1.29 is 15.0 Å². The van der Waals surface area contributed by atoms with Crippen molar-refractivity contribution in [2.24, 2.45) is 5.41 Å². The molecule has 1 aromatic heterocycles. The van der Waals surface area contributed by atoms with Crippen LogP contribution in [-0.4, -0.2) is 61.6 Å². The van der Waals surface area contributed by atoms with Gasteiger partial charge in [0.25, 0.3) is 5.91 Å². The van der Waals surface area contributed by atoms with Gasteiger partial charge in [0, 0.05) is 18.5 Å². The van der Waals surface area contributed by atoms with Crippen LogP contribution in [0.15, 0.2) is 36.9 Å². The Balaban J connectivity index is 1.89. The van der Waals surface area contributed by atoms with Crippen molar-refractivity contribution in [3.8, 4) is 5.69 Å². The number of aliphatic hydroxyl groups excluding tert-OH is 2. The molecule has 0 aliphatic carbocycles. The predicted molar refractivity (Wildman–Crippen MR) is 92.3 cm³/mol. The molecule has 0 unspecified atom stereocenters. The lowest BCUT2D eigenvalue weighted by Crippen LogP contribution is -2.55. The first-order valence-electron chi connectivity index (χ1n) is 8.63. The van der Waals surface area contributed by atoms with Crippen molar-refractivity contribution in [1.29, 1.82) is 0 Å². The monoisotopic (exact) mass is 344 g/mol. The molecule has 2 N–H and O–H groups in total. The average molecular weight is 344 g/mol. The van der Waals surface area contributed by atoms with Gasteiger partial charge < -0.3 is 15.1 Å². The van der Waals surface area contributed by atoms with Crippen molar-refractivity contribution in [2.75, 3.05) is 19.7 Å². The van der Waals surface area contributed by atoms with Crippen LogP contribution >= 0.6 is 0 Å². The van der Waals surface area contributed by atoms with Crippen molar-refractivity contribution in [3.63, 3.8) is 0 Å². The molecule has 1 aromatic carbocycles. The number of nitrogens with zero attached hydrogens (tertiary/aromatic N) is 4. The highest BCUT2D eigenvalue weighted by Gasteiger charge is 2.43. The second-order valence-electron chi connectivity index (χ2n) is 6.66. The van der Waals surface area contributed by atoms with Gasteiger partial charge in [0.1, 0.15) is 12.7 Å². The first kappa shape index (κ1) is 17.6. The first-order valence-corrected chi connectivity index (χ1v) is 8.63. The minimum Gasteiger partial charge on any atom is -0.396 e. The fraction of sp³-hybridized carbons (Fsp3) is 0.500. The largest absolute Gasteiger partial charge is 0.396 e. The number of benzene rings is 1. The van der Waals surface area contributed by atoms with Gasteiger partial charge in [-0.3, -0.25) is 4.79 Å². The van der Waals surface area contributed by atoms with Crippen LogP contribution in [0.1, 0.15) is 36.5 Å². The molecule has 0 radical (unpaired) electrons. The van der Waals surface area contributed by atoms with Gasteiger partial charge in [0.05, 0.1) is 24.0 Å². The van der Waals surface area contributed by atoms with Crippen molar-refractivity contribution in [3.05, 3.63) is 42.5 Å². The lowest BCUT2D eigenvalue weighted by Gasteiger charge is -2.45. The van der Waals surface area contributed by atoms with E-state index < -0.39 is 11.5 Å². The van der Waals surface area contributed by atoms with Crippen molar-refractivity contribution in [1.82, 2.24) is 19.7 Å². The van der Waals surface area contributed by atoms with Crippen LogP contribution in [0.2, 0.25) is 0 Å². The molecule has 3 rings (SSSR count). The lowest BCUT2D eigenvalue weighted by atomic mass is 9.74. The molecule has 134 valence electrons. The Morgan fingerprint density at radius 3 is 2.88 bits per heavy atom. The summed E-state index contributed by atoms with van der Waals surface area (Å²) in [6, 6.07) is 7.26. The van der Waals surface area contributed by atoms with E-state index in [2.05, 4.69) is 10.1 Å². The summed E-state index contributed by atoms with van der Waals surface area (Å²) in [7, 11) is 0. The Labute approximate surface area is 146 Å². The number of amides is 1. The number of aliphatic hydroxyl groups is 2.